The van der Waals surface area contributed by atoms with Crippen LogP contribution in [0.25, 0.3) is 0 Å². The molecule has 1 atom stereocenters. The van der Waals surface area contributed by atoms with Crippen LogP contribution in [0, 0.1) is 0 Å². The first kappa shape index (κ1) is 18.4. The lowest BCUT2D eigenvalue weighted by molar-refractivity contribution is 0.0485. The van der Waals surface area contributed by atoms with Gasteiger partial charge in [-0.1, -0.05) is 6.07 Å². The standard InChI is InChI=1S/C17H29N5O2/c1-17(2,3)24-16(23)21-20-13-5-4-8-22(11-13)15-7-6-12(10-18)9-14(15)19/h6-7,9,13,20H,4-5,8,10-11,18-19H2,1-3H3,(H,21,23). The van der Waals surface area contributed by atoms with Crippen LogP contribution in [0.4, 0.5) is 16.2 Å². The number of hydrogen-bond donors (Lipinski definition) is 4. The smallest absolute Gasteiger partial charge is 0.422 e. The molecule has 1 unspecified atom stereocenters. The minimum atomic E-state index is -0.510. The molecular formula is C17H29N5O2. The Morgan fingerprint density at radius 3 is 2.79 bits per heavy atom. The predicted octanol–water partition coefficient (Wildman–Crippen LogP) is 1.73. The zero-order valence-electron chi connectivity index (χ0n) is 14.8. The Labute approximate surface area is 143 Å². The molecule has 1 fully saturated rings. The summed E-state index contributed by atoms with van der Waals surface area (Å²) in [7, 11) is 0. The van der Waals surface area contributed by atoms with Crippen LogP contribution >= 0.6 is 0 Å². The van der Waals surface area contributed by atoms with E-state index in [4.69, 9.17) is 16.2 Å². The van der Waals surface area contributed by atoms with E-state index < -0.39 is 11.7 Å². The van der Waals surface area contributed by atoms with Crippen LogP contribution in [0.1, 0.15) is 39.2 Å². The largest absolute Gasteiger partial charge is 0.443 e. The lowest BCUT2D eigenvalue weighted by Gasteiger charge is -2.35. The number of benzene rings is 1. The topological polar surface area (TPSA) is 106 Å². The fourth-order valence-electron chi connectivity index (χ4n) is 2.80. The molecule has 2 rings (SSSR count). The average Bonchev–Trinajstić information content (AvgIpc) is 2.51. The zero-order chi connectivity index (χ0) is 17.7. The Morgan fingerprint density at radius 2 is 2.17 bits per heavy atom. The van der Waals surface area contributed by atoms with Crippen LogP contribution in [-0.2, 0) is 11.3 Å². The number of carbonyl (C=O) groups excluding carboxylic acids is 1. The summed E-state index contributed by atoms with van der Waals surface area (Å²) in [5.74, 6) is 0. The number of rotatable bonds is 4. The van der Waals surface area contributed by atoms with Gasteiger partial charge in [0, 0.05) is 25.7 Å². The SMILES string of the molecule is CC(C)(C)OC(=O)NNC1CCCN(c2ccc(CN)cc2N)C1. The number of amides is 1. The van der Waals surface area contributed by atoms with E-state index >= 15 is 0 Å². The molecule has 1 aromatic rings. The molecule has 0 saturated carbocycles. The molecule has 7 heteroatoms. The van der Waals surface area contributed by atoms with E-state index in [0.29, 0.717) is 6.54 Å². The third-order valence-corrected chi connectivity index (χ3v) is 3.87. The molecule has 1 aliphatic rings. The number of piperidine rings is 1. The van der Waals surface area contributed by atoms with E-state index in [-0.39, 0.29) is 6.04 Å². The highest BCUT2D eigenvalue weighted by Gasteiger charge is 2.23. The second-order valence-electron chi connectivity index (χ2n) is 7.15. The fraction of sp³-hybridized carbons (Fsp3) is 0.588. The first-order valence-corrected chi connectivity index (χ1v) is 8.36. The molecular weight excluding hydrogens is 306 g/mol. The predicted molar refractivity (Wildman–Crippen MR) is 96.5 cm³/mol. The van der Waals surface area contributed by atoms with Crippen LogP contribution in [0.15, 0.2) is 18.2 Å². The summed E-state index contributed by atoms with van der Waals surface area (Å²) in [5.41, 5.74) is 19.8. The summed E-state index contributed by atoms with van der Waals surface area (Å²) in [5, 5.41) is 0. The molecule has 1 aliphatic heterocycles. The molecule has 0 bridgehead atoms. The molecule has 24 heavy (non-hydrogen) atoms. The van der Waals surface area contributed by atoms with Crippen LogP contribution in [0.3, 0.4) is 0 Å². The van der Waals surface area contributed by atoms with Gasteiger partial charge in [0.25, 0.3) is 0 Å². The highest BCUT2D eigenvalue weighted by molar-refractivity contribution is 5.69. The lowest BCUT2D eigenvalue weighted by atomic mass is 10.0. The molecule has 134 valence electrons. The minimum absolute atomic E-state index is 0.139. The second kappa shape index (κ2) is 7.72. The normalized spacial score (nSPS) is 18.3. The maximum absolute atomic E-state index is 11.7. The van der Waals surface area contributed by atoms with Crippen LogP contribution < -0.4 is 27.2 Å². The Morgan fingerprint density at radius 1 is 1.42 bits per heavy atom. The van der Waals surface area contributed by atoms with Crippen molar-refractivity contribution in [2.24, 2.45) is 5.73 Å². The molecule has 0 aliphatic carbocycles. The van der Waals surface area contributed by atoms with Crippen LogP contribution in [-0.4, -0.2) is 30.8 Å². The highest BCUT2D eigenvalue weighted by atomic mass is 16.6. The molecule has 1 heterocycles. The molecule has 6 N–H and O–H groups in total. The van der Waals surface area contributed by atoms with E-state index in [1.54, 1.807) is 0 Å². The summed E-state index contributed by atoms with van der Waals surface area (Å²) < 4.78 is 5.23. The summed E-state index contributed by atoms with van der Waals surface area (Å²) in [4.78, 5) is 14.0. The Kier molecular flexibility index (Phi) is 5.90. The monoisotopic (exact) mass is 335 g/mol. The van der Waals surface area contributed by atoms with Crippen molar-refractivity contribution >= 4 is 17.5 Å². The first-order valence-electron chi connectivity index (χ1n) is 8.36. The van der Waals surface area contributed by atoms with Gasteiger partial charge >= 0.3 is 6.09 Å². The molecule has 1 saturated heterocycles. The van der Waals surface area contributed by atoms with E-state index in [9.17, 15) is 4.79 Å². The summed E-state index contributed by atoms with van der Waals surface area (Å²) in [6, 6.07) is 6.08. The van der Waals surface area contributed by atoms with Crippen molar-refractivity contribution in [3.05, 3.63) is 23.8 Å². The molecule has 1 aromatic carbocycles. The summed E-state index contributed by atoms with van der Waals surface area (Å²) in [6.45, 7) is 7.70. The number of nitrogens with two attached hydrogens (primary N) is 2. The number of hydrazine groups is 1. The van der Waals surface area contributed by atoms with E-state index in [2.05, 4.69) is 15.8 Å². The molecule has 7 nitrogen and oxygen atoms in total. The highest BCUT2D eigenvalue weighted by Crippen LogP contribution is 2.27. The maximum atomic E-state index is 11.7. The Hall–Kier alpha value is -1.99. The van der Waals surface area contributed by atoms with Crippen molar-refractivity contribution in [3.8, 4) is 0 Å². The van der Waals surface area contributed by atoms with Crippen molar-refractivity contribution in [2.75, 3.05) is 23.7 Å². The second-order valence-corrected chi connectivity index (χ2v) is 7.15. The molecule has 1 amide bonds. The van der Waals surface area contributed by atoms with Crippen molar-refractivity contribution in [1.82, 2.24) is 10.9 Å². The average molecular weight is 335 g/mol. The van der Waals surface area contributed by atoms with Gasteiger partial charge in [0.2, 0.25) is 0 Å². The molecule has 0 radical (unpaired) electrons. The molecule has 0 aromatic heterocycles. The number of anilines is 2. The number of nitrogen functional groups attached to an aromatic ring is 1. The third-order valence-electron chi connectivity index (χ3n) is 3.87. The van der Waals surface area contributed by atoms with Gasteiger partial charge in [-0.15, -0.1) is 0 Å². The lowest BCUT2D eigenvalue weighted by Crippen LogP contribution is -2.53. The Bertz CT molecular complexity index is 571. The first-order chi connectivity index (χ1) is 11.3. The van der Waals surface area contributed by atoms with Crippen molar-refractivity contribution in [3.63, 3.8) is 0 Å². The van der Waals surface area contributed by atoms with E-state index in [0.717, 1.165) is 42.9 Å². The fourth-order valence-corrected chi connectivity index (χ4v) is 2.80. The van der Waals surface area contributed by atoms with Gasteiger partial charge in [-0.3, -0.25) is 5.43 Å². The number of nitrogens with zero attached hydrogens (tertiary/aromatic N) is 1. The zero-order valence-corrected chi connectivity index (χ0v) is 14.8. The van der Waals surface area contributed by atoms with E-state index in [1.165, 1.54) is 0 Å². The molecule has 0 spiro atoms. The quantitative estimate of drug-likeness (QED) is 0.493. The van der Waals surface area contributed by atoms with Gasteiger partial charge in [-0.25, -0.2) is 10.2 Å². The van der Waals surface area contributed by atoms with Gasteiger partial charge in [0.15, 0.2) is 0 Å². The third kappa shape index (κ3) is 5.28. The van der Waals surface area contributed by atoms with Crippen LogP contribution in [0.2, 0.25) is 0 Å². The van der Waals surface area contributed by atoms with Gasteiger partial charge in [-0.2, -0.15) is 0 Å². The number of hydrogen-bond acceptors (Lipinski definition) is 6. The van der Waals surface area contributed by atoms with Crippen molar-refractivity contribution in [1.29, 1.82) is 0 Å². The minimum Gasteiger partial charge on any atom is -0.443 e. The van der Waals surface area contributed by atoms with Gasteiger partial charge in [-0.05, 0) is 51.3 Å². The van der Waals surface area contributed by atoms with Crippen molar-refractivity contribution < 1.29 is 9.53 Å². The summed E-state index contributed by atoms with van der Waals surface area (Å²) in [6.07, 6.45) is 1.53. The maximum Gasteiger partial charge on any atom is 0.422 e. The number of nitrogens with one attached hydrogen (secondary N) is 2. The van der Waals surface area contributed by atoms with Gasteiger partial charge in [0.05, 0.1) is 11.4 Å². The Balaban J connectivity index is 1.91. The van der Waals surface area contributed by atoms with Gasteiger partial charge in [0.1, 0.15) is 5.60 Å². The van der Waals surface area contributed by atoms with Crippen molar-refractivity contribution in [2.45, 2.75) is 51.8 Å². The number of carbonyl (C=O) groups is 1. The number of ether oxygens (including phenoxy) is 1. The summed E-state index contributed by atoms with van der Waals surface area (Å²) >= 11 is 0. The van der Waals surface area contributed by atoms with Crippen LogP contribution in [0.5, 0.6) is 0 Å². The van der Waals surface area contributed by atoms with Gasteiger partial charge < -0.3 is 21.1 Å². The van der Waals surface area contributed by atoms with E-state index in [1.807, 2.05) is 39.0 Å².